The van der Waals surface area contributed by atoms with Gasteiger partial charge in [-0.2, -0.15) is 0 Å². The third-order valence-corrected chi connectivity index (χ3v) is 4.79. The Hall–Kier alpha value is -2.60. The van der Waals surface area contributed by atoms with Crippen molar-refractivity contribution in [1.82, 2.24) is 5.32 Å². The van der Waals surface area contributed by atoms with Gasteiger partial charge in [-0.05, 0) is 38.1 Å². The molecule has 28 heavy (non-hydrogen) atoms. The zero-order valence-corrected chi connectivity index (χ0v) is 17.2. The molecule has 7 heteroatoms. The zero-order chi connectivity index (χ0) is 20.3. The third-order valence-electron chi connectivity index (χ3n) is 4.51. The summed E-state index contributed by atoms with van der Waals surface area (Å²) in [6.07, 6.45) is 0.995. The molecule has 150 valence electrons. The fourth-order valence-electron chi connectivity index (χ4n) is 3.24. The molecule has 0 saturated heterocycles. The van der Waals surface area contributed by atoms with E-state index in [4.69, 9.17) is 30.5 Å². The van der Waals surface area contributed by atoms with Crippen LogP contribution in [0.4, 0.5) is 0 Å². The van der Waals surface area contributed by atoms with Crippen LogP contribution >= 0.6 is 11.6 Å². The number of hydrogen-bond donors (Lipinski definition) is 1. The van der Waals surface area contributed by atoms with Crippen LogP contribution in [0, 0.1) is 0 Å². The number of fused-ring (bicyclic) bond motifs is 1. The number of nitrogens with one attached hydrogen (secondary N) is 1. The molecular formula is C21H24ClNO5. The fraction of sp³-hybridized carbons (Fsp3) is 0.381. The molecule has 0 fully saturated rings. The molecule has 1 N–H and O–H groups in total. The van der Waals surface area contributed by atoms with E-state index in [9.17, 15) is 4.79 Å². The number of rotatable bonds is 7. The molecule has 0 aromatic heterocycles. The summed E-state index contributed by atoms with van der Waals surface area (Å²) >= 11 is 6.20. The summed E-state index contributed by atoms with van der Waals surface area (Å²) in [5.41, 5.74) is 2.36. The Balaban J connectivity index is 1.80. The van der Waals surface area contributed by atoms with Crippen molar-refractivity contribution in [3.63, 3.8) is 0 Å². The Morgan fingerprint density at radius 3 is 2.68 bits per heavy atom. The number of carbonyl (C=O) groups excluding carboxylic acids is 1. The first-order valence-corrected chi connectivity index (χ1v) is 9.49. The molecule has 0 radical (unpaired) electrons. The van der Waals surface area contributed by atoms with Gasteiger partial charge in [0.15, 0.2) is 11.5 Å². The van der Waals surface area contributed by atoms with Gasteiger partial charge >= 0.3 is 0 Å². The molecule has 2 aromatic rings. The molecule has 0 spiro atoms. The Labute approximate surface area is 169 Å². The standard InChI is InChI=1S/C21H24ClNO5/c1-5-27-17-8-13-6-12(2)28-18(13)10-15(17)11-23-21(24)14-7-16(22)20(26-4)19(9-14)25-3/h7-10,12H,5-6,11H2,1-4H3,(H,23,24)/t12-/m0/s1. The van der Waals surface area contributed by atoms with Crippen LogP contribution in [0.5, 0.6) is 23.0 Å². The summed E-state index contributed by atoms with van der Waals surface area (Å²) in [5.74, 6) is 2.11. The molecule has 1 atom stereocenters. The first-order valence-electron chi connectivity index (χ1n) is 9.11. The van der Waals surface area contributed by atoms with Crippen LogP contribution in [0.15, 0.2) is 24.3 Å². The Bertz CT molecular complexity index is 884. The van der Waals surface area contributed by atoms with Gasteiger partial charge < -0.3 is 24.3 Å². The molecule has 3 rings (SSSR count). The second-order valence-corrected chi connectivity index (χ2v) is 6.92. The fourth-order valence-corrected chi connectivity index (χ4v) is 3.52. The van der Waals surface area contributed by atoms with Crippen LogP contribution < -0.4 is 24.3 Å². The van der Waals surface area contributed by atoms with Crippen LogP contribution in [-0.4, -0.2) is 32.8 Å². The van der Waals surface area contributed by atoms with E-state index in [1.807, 2.05) is 26.0 Å². The maximum Gasteiger partial charge on any atom is 0.251 e. The Morgan fingerprint density at radius 2 is 2.00 bits per heavy atom. The highest BCUT2D eigenvalue weighted by Gasteiger charge is 2.22. The summed E-state index contributed by atoms with van der Waals surface area (Å²) in [6.45, 7) is 4.80. The normalized spacial score (nSPS) is 14.8. The minimum absolute atomic E-state index is 0.142. The number of amides is 1. The molecule has 6 nitrogen and oxygen atoms in total. The van der Waals surface area contributed by atoms with Crippen molar-refractivity contribution >= 4 is 17.5 Å². The summed E-state index contributed by atoms with van der Waals surface area (Å²) in [7, 11) is 2.99. The van der Waals surface area contributed by atoms with Crippen LogP contribution in [0.1, 0.15) is 35.3 Å². The van der Waals surface area contributed by atoms with E-state index in [-0.39, 0.29) is 12.0 Å². The Kier molecular flexibility index (Phi) is 6.19. The molecule has 1 aliphatic heterocycles. The van der Waals surface area contributed by atoms with Crippen molar-refractivity contribution in [3.05, 3.63) is 46.0 Å². The van der Waals surface area contributed by atoms with E-state index in [2.05, 4.69) is 5.32 Å². The van der Waals surface area contributed by atoms with Gasteiger partial charge in [-0.25, -0.2) is 0 Å². The SMILES string of the molecule is CCOc1cc2c(cc1CNC(=O)c1cc(Cl)c(OC)c(OC)c1)O[C@@H](C)C2. The monoisotopic (exact) mass is 405 g/mol. The predicted octanol–water partition coefficient (Wildman–Crippen LogP) is 4.01. The summed E-state index contributed by atoms with van der Waals surface area (Å²) in [4.78, 5) is 12.7. The largest absolute Gasteiger partial charge is 0.494 e. The average molecular weight is 406 g/mol. The molecule has 1 heterocycles. The van der Waals surface area contributed by atoms with Crippen molar-refractivity contribution in [2.45, 2.75) is 32.9 Å². The number of carbonyl (C=O) groups is 1. The third kappa shape index (κ3) is 4.12. The van der Waals surface area contributed by atoms with Gasteiger partial charge in [0.25, 0.3) is 5.91 Å². The number of hydrogen-bond acceptors (Lipinski definition) is 5. The maximum atomic E-state index is 12.7. The highest BCUT2D eigenvalue weighted by atomic mass is 35.5. The van der Waals surface area contributed by atoms with E-state index in [1.54, 1.807) is 12.1 Å². The average Bonchev–Trinajstić information content (AvgIpc) is 3.04. The second-order valence-electron chi connectivity index (χ2n) is 6.51. The predicted molar refractivity (Wildman–Crippen MR) is 107 cm³/mol. The van der Waals surface area contributed by atoms with E-state index in [0.29, 0.717) is 35.2 Å². The van der Waals surface area contributed by atoms with E-state index in [0.717, 1.165) is 29.0 Å². The molecular weight excluding hydrogens is 382 g/mol. The van der Waals surface area contributed by atoms with Gasteiger partial charge in [0.1, 0.15) is 17.6 Å². The van der Waals surface area contributed by atoms with Crippen molar-refractivity contribution in [2.75, 3.05) is 20.8 Å². The van der Waals surface area contributed by atoms with Gasteiger partial charge in [0.05, 0.1) is 25.8 Å². The van der Waals surface area contributed by atoms with Gasteiger partial charge in [0, 0.05) is 29.7 Å². The van der Waals surface area contributed by atoms with E-state index < -0.39 is 0 Å². The van der Waals surface area contributed by atoms with E-state index in [1.165, 1.54) is 14.2 Å². The topological polar surface area (TPSA) is 66.0 Å². The van der Waals surface area contributed by atoms with Gasteiger partial charge in [0.2, 0.25) is 0 Å². The van der Waals surface area contributed by atoms with Crippen LogP contribution in [0.25, 0.3) is 0 Å². The second kappa shape index (κ2) is 8.61. The Morgan fingerprint density at radius 1 is 1.21 bits per heavy atom. The summed E-state index contributed by atoms with van der Waals surface area (Å²) in [6, 6.07) is 7.08. The molecule has 2 aromatic carbocycles. The first-order chi connectivity index (χ1) is 13.5. The van der Waals surface area contributed by atoms with Crippen molar-refractivity contribution in [2.24, 2.45) is 0 Å². The molecule has 1 aliphatic rings. The first kappa shape index (κ1) is 20.1. The zero-order valence-electron chi connectivity index (χ0n) is 16.4. The summed E-state index contributed by atoms with van der Waals surface area (Å²) < 4.78 is 22.0. The lowest BCUT2D eigenvalue weighted by atomic mass is 10.1. The molecule has 1 amide bonds. The minimum Gasteiger partial charge on any atom is -0.494 e. The van der Waals surface area contributed by atoms with Gasteiger partial charge in [-0.3, -0.25) is 4.79 Å². The molecule has 0 saturated carbocycles. The minimum atomic E-state index is -0.278. The molecule has 0 aliphatic carbocycles. The highest BCUT2D eigenvalue weighted by molar-refractivity contribution is 6.32. The number of ether oxygens (including phenoxy) is 4. The van der Waals surface area contributed by atoms with Crippen molar-refractivity contribution in [3.8, 4) is 23.0 Å². The van der Waals surface area contributed by atoms with Gasteiger partial charge in [-0.1, -0.05) is 11.6 Å². The molecule has 0 unspecified atom stereocenters. The van der Waals surface area contributed by atoms with Crippen molar-refractivity contribution < 1.29 is 23.7 Å². The maximum absolute atomic E-state index is 12.7. The van der Waals surface area contributed by atoms with Crippen LogP contribution in [0.3, 0.4) is 0 Å². The lowest BCUT2D eigenvalue weighted by Crippen LogP contribution is -2.23. The highest BCUT2D eigenvalue weighted by Crippen LogP contribution is 2.37. The van der Waals surface area contributed by atoms with Gasteiger partial charge in [-0.15, -0.1) is 0 Å². The smallest absolute Gasteiger partial charge is 0.251 e. The van der Waals surface area contributed by atoms with Crippen LogP contribution in [0.2, 0.25) is 5.02 Å². The van der Waals surface area contributed by atoms with E-state index >= 15 is 0 Å². The number of benzene rings is 2. The summed E-state index contributed by atoms with van der Waals surface area (Å²) in [5, 5.41) is 3.21. The molecule has 0 bridgehead atoms. The lowest BCUT2D eigenvalue weighted by Gasteiger charge is -2.14. The van der Waals surface area contributed by atoms with Crippen molar-refractivity contribution in [1.29, 1.82) is 0 Å². The lowest BCUT2D eigenvalue weighted by molar-refractivity contribution is 0.0950. The van der Waals surface area contributed by atoms with Crippen LogP contribution in [-0.2, 0) is 13.0 Å². The number of methoxy groups -OCH3 is 2. The quantitative estimate of drug-likeness (QED) is 0.753. The number of halogens is 1.